The molecule has 2 rings (SSSR count). The van der Waals surface area contributed by atoms with Gasteiger partial charge in [-0.3, -0.25) is 0 Å². The normalized spacial score (nSPS) is 36.2. The molecule has 2 unspecified atom stereocenters. The van der Waals surface area contributed by atoms with E-state index in [4.69, 9.17) is 9.57 Å². The smallest absolute Gasteiger partial charge is 0.356 e. The van der Waals surface area contributed by atoms with E-state index in [1.54, 1.807) is 0 Å². The van der Waals surface area contributed by atoms with Crippen LogP contribution >= 0.6 is 0 Å². The summed E-state index contributed by atoms with van der Waals surface area (Å²) in [6.45, 7) is 5.83. The zero-order valence-corrected chi connectivity index (χ0v) is 10.7. The SMILES string of the molecule is COC(=O)C12CCCC1(O)C(C(C)(C)C)=NO2. The van der Waals surface area contributed by atoms with Crippen molar-refractivity contribution in [3.05, 3.63) is 0 Å². The molecular weight excluding hydrogens is 222 g/mol. The highest BCUT2D eigenvalue weighted by Crippen LogP contribution is 2.51. The van der Waals surface area contributed by atoms with E-state index in [9.17, 15) is 9.90 Å². The lowest BCUT2D eigenvalue weighted by molar-refractivity contribution is -0.182. The Kier molecular flexibility index (Phi) is 2.51. The van der Waals surface area contributed by atoms with Gasteiger partial charge in [0.15, 0.2) is 5.60 Å². The maximum atomic E-state index is 11.9. The number of aliphatic hydroxyl groups is 1. The van der Waals surface area contributed by atoms with Gasteiger partial charge in [-0.15, -0.1) is 0 Å². The molecule has 0 saturated heterocycles. The number of carbonyl (C=O) groups excluding carboxylic acids is 1. The summed E-state index contributed by atoms with van der Waals surface area (Å²) in [6.07, 6.45) is 1.65. The molecule has 0 spiro atoms. The molecule has 1 heterocycles. The van der Waals surface area contributed by atoms with Crippen LogP contribution in [0.15, 0.2) is 5.16 Å². The minimum Gasteiger partial charge on any atom is -0.466 e. The Hall–Kier alpha value is -1.10. The van der Waals surface area contributed by atoms with Gasteiger partial charge in [0.2, 0.25) is 0 Å². The number of ether oxygens (including phenoxy) is 1. The van der Waals surface area contributed by atoms with Gasteiger partial charge in [-0.2, -0.15) is 0 Å². The minimum atomic E-state index is -1.33. The highest BCUT2D eigenvalue weighted by atomic mass is 16.7. The number of carbonyl (C=O) groups is 1. The fourth-order valence-electron chi connectivity index (χ4n) is 2.86. The molecule has 0 aromatic rings. The Bertz CT molecular complexity index is 384. The Balaban J connectivity index is 2.45. The van der Waals surface area contributed by atoms with Crippen molar-refractivity contribution in [1.82, 2.24) is 0 Å². The average Bonchev–Trinajstić information content (AvgIpc) is 2.67. The first kappa shape index (κ1) is 12.4. The standard InChI is InChI=1S/C12H19NO4/c1-10(2,3)8-11(15)6-5-7-12(11,17-13-8)9(14)16-4/h15H,5-7H2,1-4H3. The van der Waals surface area contributed by atoms with Crippen LogP contribution in [0.1, 0.15) is 40.0 Å². The molecule has 96 valence electrons. The molecule has 1 saturated carbocycles. The van der Waals surface area contributed by atoms with E-state index < -0.39 is 17.2 Å². The van der Waals surface area contributed by atoms with E-state index in [0.717, 1.165) is 6.42 Å². The van der Waals surface area contributed by atoms with Gasteiger partial charge in [-0.1, -0.05) is 25.9 Å². The van der Waals surface area contributed by atoms with Gasteiger partial charge in [0, 0.05) is 11.8 Å². The summed E-state index contributed by atoms with van der Waals surface area (Å²) < 4.78 is 4.77. The Morgan fingerprint density at radius 3 is 2.65 bits per heavy atom. The van der Waals surface area contributed by atoms with Crippen molar-refractivity contribution in [2.45, 2.75) is 51.2 Å². The first-order valence-corrected chi connectivity index (χ1v) is 5.86. The number of rotatable bonds is 1. The van der Waals surface area contributed by atoms with Crippen LogP contribution in [-0.2, 0) is 14.4 Å². The molecule has 1 aliphatic heterocycles. The second kappa shape index (κ2) is 3.45. The lowest BCUT2D eigenvalue weighted by atomic mass is 9.73. The Morgan fingerprint density at radius 2 is 2.12 bits per heavy atom. The highest BCUT2D eigenvalue weighted by molar-refractivity contribution is 6.04. The fraction of sp³-hybridized carbons (Fsp3) is 0.833. The van der Waals surface area contributed by atoms with Gasteiger partial charge in [0.05, 0.1) is 12.8 Å². The molecule has 2 aliphatic rings. The molecular formula is C12H19NO4. The van der Waals surface area contributed by atoms with Crippen molar-refractivity contribution in [3.63, 3.8) is 0 Å². The van der Waals surface area contributed by atoms with Crippen molar-refractivity contribution in [3.8, 4) is 0 Å². The molecule has 5 heteroatoms. The van der Waals surface area contributed by atoms with Crippen LogP contribution in [0.3, 0.4) is 0 Å². The summed E-state index contributed by atoms with van der Waals surface area (Å²) in [5.74, 6) is -0.541. The highest BCUT2D eigenvalue weighted by Gasteiger charge is 2.70. The van der Waals surface area contributed by atoms with E-state index in [0.29, 0.717) is 18.6 Å². The van der Waals surface area contributed by atoms with Crippen molar-refractivity contribution < 1.29 is 19.5 Å². The topological polar surface area (TPSA) is 68.1 Å². The third-order valence-corrected chi connectivity index (χ3v) is 3.65. The summed E-state index contributed by atoms with van der Waals surface area (Å²) in [5, 5.41) is 14.8. The number of esters is 1. The van der Waals surface area contributed by atoms with Gasteiger partial charge >= 0.3 is 5.97 Å². The van der Waals surface area contributed by atoms with Crippen LogP contribution in [0.2, 0.25) is 0 Å². The van der Waals surface area contributed by atoms with Crippen LogP contribution in [0.5, 0.6) is 0 Å². The minimum absolute atomic E-state index is 0.338. The quantitative estimate of drug-likeness (QED) is 0.701. The first-order valence-electron chi connectivity index (χ1n) is 5.86. The Labute approximate surface area is 101 Å². The van der Waals surface area contributed by atoms with Crippen molar-refractivity contribution >= 4 is 11.7 Å². The van der Waals surface area contributed by atoms with E-state index in [2.05, 4.69) is 5.16 Å². The molecule has 0 radical (unpaired) electrons. The number of hydrogen-bond acceptors (Lipinski definition) is 5. The first-order chi connectivity index (χ1) is 7.78. The molecule has 1 fully saturated rings. The molecule has 0 amide bonds. The Morgan fingerprint density at radius 1 is 1.47 bits per heavy atom. The summed E-state index contributed by atoms with van der Waals surface area (Å²) in [6, 6.07) is 0. The van der Waals surface area contributed by atoms with Crippen molar-refractivity contribution in [1.29, 1.82) is 0 Å². The third kappa shape index (κ3) is 1.41. The number of hydrogen-bond donors (Lipinski definition) is 1. The van der Waals surface area contributed by atoms with Gasteiger partial charge in [-0.05, 0) is 12.8 Å². The lowest BCUT2D eigenvalue weighted by Crippen LogP contribution is -2.59. The zero-order chi connectivity index (χ0) is 12.9. The van der Waals surface area contributed by atoms with E-state index in [1.165, 1.54) is 7.11 Å². The zero-order valence-electron chi connectivity index (χ0n) is 10.7. The number of oxime groups is 1. The van der Waals surface area contributed by atoms with Gasteiger partial charge in [-0.25, -0.2) is 4.79 Å². The van der Waals surface area contributed by atoms with Gasteiger partial charge in [0.25, 0.3) is 5.60 Å². The largest absolute Gasteiger partial charge is 0.466 e. The summed E-state index contributed by atoms with van der Waals surface area (Å²) >= 11 is 0. The fourth-order valence-corrected chi connectivity index (χ4v) is 2.86. The van der Waals surface area contributed by atoms with Gasteiger partial charge < -0.3 is 14.7 Å². The van der Waals surface area contributed by atoms with Gasteiger partial charge in [0.1, 0.15) is 0 Å². The van der Waals surface area contributed by atoms with E-state index in [1.807, 2.05) is 20.8 Å². The predicted molar refractivity (Wildman–Crippen MR) is 61.5 cm³/mol. The van der Waals surface area contributed by atoms with Crippen molar-refractivity contribution in [2.75, 3.05) is 7.11 Å². The van der Waals surface area contributed by atoms with Crippen molar-refractivity contribution in [2.24, 2.45) is 10.6 Å². The molecule has 2 atom stereocenters. The van der Waals surface area contributed by atoms with E-state index >= 15 is 0 Å². The number of nitrogens with zero attached hydrogens (tertiary/aromatic N) is 1. The van der Waals surface area contributed by atoms with Crippen LogP contribution in [0, 0.1) is 5.41 Å². The monoisotopic (exact) mass is 241 g/mol. The number of fused-ring (bicyclic) bond motifs is 1. The molecule has 0 aromatic heterocycles. The maximum Gasteiger partial charge on any atom is 0.356 e. The molecule has 5 nitrogen and oxygen atoms in total. The third-order valence-electron chi connectivity index (χ3n) is 3.65. The summed E-state index contributed by atoms with van der Waals surface area (Å²) in [7, 11) is 1.30. The van der Waals surface area contributed by atoms with Crippen LogP contribution in [0.25, 0.3) is 0 Å². The second-order valence-corrected chi connectivity index (χ2v) is 5.81. The van der Waals surface area contributed by atoms with Crippen LogP contribution in [-0.4, -0.2) is 35.1 Å². The second-order valence-electron chi connectivity index (χ2n) is 5.81. The van der Waals surface area contributed by atoms with Crippen LogP contribution < -0.4 is 0 Å². The average molecular weight is 241 g/mol. The number of methoxy groups -OCH3 is 1. The molecule has 17 heavy (non-hydrogen) atoms. The molecule has 0 aromatic carbocycles. The predicted octanol–water partition coefficient (Wildman–Crippen LogP) is 1.25. The molecule has 0 bridgehead atoms. The maximum absolute atomic E-state index is 11.9. The molecule has 1 N–H and O–H groups in total. The van der Waals surface area contributed by atoms with E-state index in [-0.39, 0.29) is 5.41 Å². The lowest BCUT2D eigenvalue weighted by Gasteiger charge is -2.34. The molecule has 1 aliphatic carbocycles. The summed E-state index contributed by atoms with van der Waals surface area (Å²) in [5.41, 5.74) is -2.45. The summed E-state index contributed by atoms with van der Waals surface area (Å²) in [4.78, 5) is 17.2. The van der Waals surface area contributed by atoms with Crippen LogP contribution in [0.4, 0.5) is 0 Å².